The Balaban J connectivity index is 3.09. The fourth-order valence-corrected chi connectivity index (χ4v) is 2.22. The molecule has 2 nitrogen and oxygen atoms in total. The maximum absolute atomic E-state index is 9.95. The van der Waals surface area contributed by atoms with Crippen LogP contribution >= 0.6 is 23.2 Å². The first-order valence-electron chi connectivity index (χ1n) is 5.40. The van der Waals surface area contributed by atoms with Crippen LogP contribution in [0, 0.1) is 0 Å². The van der Waals surface area contributed by atoms with E-state index in [0.717, 1.165) is 6.42 Å². The van der Waals surface area contributed by atoms with Crippen molar-refractivity contribution in [3.63, 3.8) is 0 Å². The molecule has 0 saturated heterocycles. The van der Waals surface area contributed by atoms with Gasteiger partial charge >= 0.3 is 0 Å². The third-order valence-electron chi connectivity index (χ3n) is 2.29. The van der Waals surface area contributed by atoms with E-state index in [1.807, 2.05) is 13.8 Å². The molecule has 0 saturated carbocycles. The van der Waals surface area contributed by atoms with Crippen LogP contribution in [0.1, 0.15) is 38.4 Å². The van der Waals surface area contributed by atoms with Crippen molar-refractivity contribution >= 4 is 23.2 Å². The van der Waals surface area contributed by atoms with Crippen LogP contribution in [0.25, 0.3) is 0 Å². The van der Waals surface area contributed by atoms with Gasteiger partial charge in [-0.15, -0.1) is 0 Å². The van der Waals surface area contributed by atoms with E-state index in [0.29, 0.717) is 34.4 Å². The summed E-state index contributed by atoms with van der Waals surface area (Å²) in [5.41, 5.74) is 0.566. The Morgan fingerprint density at radius 2 is 2.00 bits per heavy atom. The van der Waals surface area contributed by atoms with Crippen LogP contribution in [0.3, 0.4) is 0 Å². The molecular weight excluding hydrogens is 247 g/mol. The quantitative estimate of drug-likeness (QED) is 0.861. The highest BCUT2D eigenvalue weighted by Gasteiger charge is 2.18. The third-order valence-corrected chi connectivity index (χ3v) is 3.01. The maximum Gasteiger partial charge on any atom is 0.138 e. The second-order valence-electron chi connectivity index (χ2n) is 3.51. The number of hydrogen-bond donors (Lipinski definition) is 1. The average molecular weight is 263 g/mol. The van der Waals surface area contributed by atoms with E-state index in [-0.39, 0.29) is 0 Å². The molecule has 0 aliphatic rings. The van der Waals surface area contributed by atoms with Gasteiger partial charge in [0.1, 0.15) is 5.75 Å². The SMILES string of the molecule is CCCC(O)c1c(Cl)ccc(OCC)c1Cl. The van der Waals surface area contributed by atoms with Gasteiger partial charge in [-0.25, -0.2) is 0 Å². The molecule has 1 aromatic carbocycles. The monoisotopic (exact) mass is 262 g/mol. The summed E-state index contributed by atoms with van der Waals surface area (Å²) in [4.78, 5) is 0. The Kier molecular flexibility index (Phi) is 5.39. The second-order valence-corrected chi connectivity index (χ2v) is 4.30. The van der Waals surface area contributed by atoms with E-state index in [1.54, 1.807) is 12.1 Å². The summed E-state index contributed by atoms with van der Waals surface area (Å²) in [6.07, 6.45) is 0.868. The number of rotatable bonds is 5. The van der Waals surface area contributed by atoms with Crippen LogP contribution in [-0.4, -0.2) is 11.7 Å². The molecule has 1 rings (SSSR count). The Labute approximate surface area is 106 Å². The first-order chi connectivity index (χ1) is 7.61. The molecule has 4 heteroatoms. The van der Waals surface area contributed by atoms with Gasteiger partial charge in [0.2, 0.25) is 0 Å². The van der Waals surface area contributed by atoms with Crippen molar-refractivity contribution in [2.75, 3.05) is 6.61 Å². The van der Waals surface area contributed by atoms with E-state index in [2.05, 4.69) is 0 Å². The lowest BCUT2D eigenvalue weighted by atomic mass is 10.0. The van der Waals surface area contributed by atoms with Gasteiger partial charge in [-0.2, -0.15) is 0 Å². The lowest BCUT2D eigenvalue weighted by Crippen LogP contribution is -2.01. The molecule has 0 aromatic heterocycles. The molecule has 16 heavy (non-hydrogen) atoms. The highest BCUT2D eigenvalue weighted by molar-refractivity contribution is 6.37. The molecular formula is C12H16Cl2O2. The van der Waals surface area contributed by atoms with Gasteiger partial charge in [0.05, 0.1) is 17.7 Å². The summed E-state index contributed by atoms with van der Waals surface area (Å²) < 4.78 is 5.36. The van der Waals surface area contributed by atoms with Crippen molar-refractivity contribution in [3.05, 3.63) is 27.7 Å². The van der Waals surface area contributed by atoms with Crippen LogP contribution in [0.4, 0.5) is 0 Å². The standard InChI is InChI=1S/C12H16Cl2O2/c1-3-5-9(15)11-8(13)6-7-10(12(11)14)16-4-2/h6-7,9,15H,3-5H2,1-2H3. The summed E-state index contributed by atoms with van der Waals surface area (Å²) in [6, 6.07) is 3.42. The van der Waals surface area contributed by atoms with Gasteiger partial charge in [-0.3, -0.25) is 0 Å². The molecule has 1 atom stereocenters. The van der Waals surface area contributed by atoms with Gasteiger partial charge in [0, 0.05) is 10.6 Å². The number of ether oxygens (including phenoxy) is 1. The van der Waals surface area contributed by atoms with Crippen LogP contribution in [-0.2, 0) is 0 Å². The summed E-state index contributed by atoms with van der Waals surface area (Å²) in [5, 5.41) is 10.8. The predicted octanol–water partition coefficient (Wildman–Crippen LogP) is 4.23. The summed E-state index contributed by atoms with van der Waals surface area (Å²) in [7, 11) is 0. The second kappa shape index (κ2) is 6.33. The van der Waals surface area contributed by atoms with Gasteiger partial charge < -0.3 is 9.84 Å². The van der Waals surface area contributed by atoms with E-state index in [9.17, 15) is 5.11 Å². The first kappa shape index (κ1) is 13.6. The Morgan fingerprint density at radius 1 is 1.31 bits per heavy atom. The molecule has 0 spiro atoms. The smallest absolute Gasteiger partial charge is 0.138 e. The molecule has 90 valence electrons. The zero-order valence-corrected chi connectivity index (χ0v) is 11.0. The van der Waals surface area contributed by atoms with Crippen molar-refractivity contribution in [1.82, 2.24) is 0 Å². The molecule has 1 aromatic rings. The largest absolute Gasteiger partial charge is 0.492 e. The minimum atomic E-state index is -0.634. The summed E-state index contributed by atoms with van der Waals surface area (Å²) in [6.45, 7) is 4.41. The third kappa shape index (κ3) is 3.03. The van der Waals surface area contributed by atoms with Crippen molar-refractivity contribution in [1.29, 1.82) is 0 Å². The van der Waals surface area contributed by atoms with Gasteiger partial charge in [0.15, 0.2) is 0 Å². The minimum absolute atomic E-state index is 0.412. The van der Waals surface area contributed by atoms with E-state index < -0.39 is 6.10 Å². The Bertz CT molecular complexity index is 353. The van der Waals surface area contributed by atoms with Crippen molar-refractivity contribution in [2.45, 2.75) is 32.8 Å². The number of aliphatic hydroxyl groups is 1. The molecule has 1 N–H and O–H groups in total. The highest BCUT2D eigenvalue weighted by atomic mass is 35.5. The lowest BCUT2D eigenvalue weighted by molar-refractivity contribution is 0.166. The Hall–Kier alpha value is -0.440. The predicted molar refractivity (Wildman–Crippen MR) is 67.5 cm³/mol. The lowest BCUT2D eigenvalue weighted by Gasteiger charge is -2.16. The number of hydrogen-bond acceptors (Lipinski definition) is 2. The molecule has 0 bridgehead atoms. The summed E-state index contributed by atoms with van der Waals surface area (Å²) in [5.74, 6) is 0.568. The van der Waals surface area contributed by atoms with Crippen molar-refractivity contribution in [3.8, 4) is 5.75 Å². The number of halogens is 2. The molecule has 1 unspecified atom stereocenters. The zero-order valence-electron chi connectivity index (χ0n) is 9.46. The van der Waals surface area contributed by atoms with Crippen molar-refractivity contribution < 1.29 is 9.84 Å². The molecule has 0 aliphatic heterocycles. The van der Waals surface area contributed by atoms with Crippen LogP contribution in [0.5, 0.6) is 5.75 Å². The van der Waals surface area contributed by atoms with E-state index in [1.165, 1.54) is 0 Å². The van der Waals surface area contributed by atoms with Gasteiger partial charge in [-0.1, -0.05) is 36.5 Å². The molecule has 0 aliphatic carbocycles. The fraction of sp³-hybridized carbons (Fsp3) is 0.500. The van der Waals surface area contributed by atoms with E-state index in [4.69, 9.17) is 27.9 Å². The molecule has 0 amide bonds. The zero-order chi connectivity index (χ0) is 12.1. The molecule has 0 fully saturated rings. The normalized spacial score (nSPS) is 12.6. The van der Waals surface area contributed by atoms with Crippen LogP contribution < -0.4 is 4.74 Å². The molecule has 0 radical (unpaired) electrons. The van der Waals surface area contributed by atoms with E-state index >= 15 is 0 Å². The topological polar surface area (TPSA) is 29.5 Å². The Morgan fingerprint density at radius 3 is 2.56 bits per heavy atom. The average Bonchev–Trinajstić information content (AvgIpc) is 2.23. The minimum Gasteiger partial charge on any atom is -0.492 e. The highest BCUT2D eigenvalue weighted by Crippen LogP contribution is 2.38. The maximum atomic E-state index is 9.95. The first-order valence-corrected chi connectivity index (χ1v) is 6.16. The van der Waals surface area contributed by atoms with Gasteiger partial charge in [0.25, 0.3) is 0 Å². The van der Waals surface area contributed by atoms with Crippen LogP contribution in [0.15, 0.2) is 12.1 Å². The number of benzene rings is 1. The number of aliphatic hydroxyl groups excluding tert-OH is 1. The fourth-order valence-electron chi connectivity index (χ4n) is 1.54. The van der Waals surface area contributed by atoms with Crippen LogP contribution in [0.2, 0.25) is 10.0 Å². The molecule has 0 heterocycles. The summed E-state index contributed by atoms with van der Waals surface area (Å²) >= 11 is 12.2. The van der Waals surface area contributed by atoms with Crippen molar-refractivity contribution in [2.24, 2.45) is 0 Å². The van der Waals surface area contributed by atoms with Gasteiger partial charge in [-0.05, 0) is 25.5 Å².